The first-order valence-corrected chi connectivity index (χ1v) is 4.83. The van der Waals surface area contributed by atoms with Crippen LogP contribution in [0, 0.1) is 0 Å². The van der Waals surface area contributed by atoms with Crippen molar-refractivity contribution in [1.82, 2.24) is 15.2 Å². The lowest BCUT2D eigenvalue weighted by molar-refractivity contribution is 0.929. The summed E-state index contributed by atoms with van der Waals surface area (Å²) >= 11 is 1.48. The van der Waals surface area contributed by atoms with Gasteiger partial charge in [0.25, 0.3) is 0 Å². The van der Waals surface area contributed by atoms with Crippen LogP contribution in [0.3, 0.4) is 0 Å². The molecule has 0 atom stereocenters. The third-order valence-electron chi connectivity index (χ3n) is 1.57. The Morgan fingerprint density at radius 1 is 1.21 bits per heavy atom. The lowest BCUT2D eigenvalue weighted by Gasteiger charge is -2.01. The van der Waals surface area contributed by atoms with E-state index in [1.165, 1.54) is 11.8 Å². The van der Waals surface area contributed by atoms with Gasteiger partial charge in [0, 0.05) is 17.3 Å². The topological polar surface area (TPSA) is 64.7 Å². The molecule has 0 aliphatic rings. The van der Waals surface area contributed by atoms with Gasteiger partial charge in [-0.2, -0.15) is 5.10 Å². The molecular weight excluding hydrogens is 196 g/mol. The van der Waals surface area contributed by atoms with E-state index in [0.29, 0.717) is 5.69 Å². The molecule has 0 aliphatic carbocycles. The summed E-state index contributed by atoms with van der Waals surface area (Å²) in [5, 5.41) is 8.56. The Balaban J connectivity index is 2.24. The first-order chi connectivity index (χ1) is 6.86. The number of nitrogens with two attached hydrogens (primary N) is 1. The molecule has 0 radical (unpaired) electrons. The Labute approximate surface area is 85.6 Å². The van der Waals surface area contributed by atoms with Gasteiger partial charge < -0.3 is 5.73 Å². The maximum absolute atomic E-state index is 5.74. The maximum atomic E-state index is 5.74. The lowest BCUT2D eigenvalue weighted by Crippen LogP contribution is -1.90. The van der Waals surface area contributed by atoms with Crippen molar-refractivity contribution in [3.8, 4) is 0 Å². The highest BCUT2D eigenvalue weighted by molar-refractivity contribution is 7.99. The fourth-order valence-corrected chi connectivity index (χ4v) is 1.70. The number of nitrogens with zero attached hydrogens (tertiary/aromatic N) is 3. The van der Waals surface area contributed by atoms with Crippen molar-refractivity contribution < 1.29 is 0 Å². The van der Waals surface area contributed by atoms with Crippen LogP contribution < -0.4 is 5.73 Å². The number of anilines is 1. The van der Waals surface area contributed by atoms with Crippen molar-refractivity contribution in [2.45, 2.75) is 9.92 Å². The lowest BCUT2D eigenvalue weighted by atomic mass is 10.4. The van der Waals surface area contributed by atoms with Crippen molar-refractivity contribution in [1.29, 1.82) is 0 Å². The average molecular weight is 204 g/mol. The summed E-state index contributed by atoms with van der Waals surface area (Å²) < 4.78 is 0. The summed E-state index contributed by atoms with van der Waals surface area (Å²) in [5.74, 6) is 0. The molecule has 2 aromatic rings. The molecule has 0 spiro atoms. The Hall–Kier alpha value is -1.62. The Morgan fingerprint density at radius 3 is 2.86 bits per heavy atom. The number of nitrogen functional groups attached to an aromatic ring is 1. The Morgan fingerprint density at radius 2 is 2.14 bits per heavy atom. The molecule has 0 bridgehead atoms. The summed E-state index contributed by atoms with van der Waals surface area (Å²) in [6.07, 6.45) is 4.97. The van der Waals surface area contributed by atoms with E-state index in [0.717, 1.165) is 9.92 Å². The van der Waals surface area contributed by atoms with Crippen molar-refractivity contribution in [3.05, 3.63) is 36.8 Å². The number of pyridine rings is 1. The Bertz CT molecular complexity index is 418. The van der Waals surface area contributed by atoms with Crippen LogP contribution >= 0.6 is 11.8 Å². The molecule has 14 heavy (non-hydrogen) atoms. The molecule has 0 aromatic carbocycles. The van der Waals surface area contributed by atoms with Gasteiger partial charge in [-0.15, -0.1) is 5.10 Å². The zero-order chi connectivity index (χ0) is 9.80. The molecule has 4 nitrogen and oxygen atoms in total. The molecule has 2 rings (SSSR count). The minimum atomic E-state index is 0.656. The summed E-state index contributed by atoms with van der Waals surface area (Å²) in [5.41, 5.74) is 6.39. The molecular formula is C9H8N4S. The Kier molecular flexibility index (Phi) is 2.60. The van der Waals surface area contributed by atoms with Gasteiger partial charge in [0.05, 0.1) is 11.9 Å². The van der Waals surface area contributed by atoms with Crippen molar-refractivity contribution in [3.63, 3.8) is 0 Å². The van der Waals surface area contributed by atoms with E-state index in [2.05, 4.69) is 15.2 Å². The number of hydrogen-bond donors (Lipinski definition) is 1. The van der Waals surface area contributed by atoms with Gasteiger partial charge >= 0.3 is 0 Å². The van der Waals surface area contributed by atoms with Gasteiger partial charge in [0.15, 0.2) is 0 Å². The minimum Gasteiger partial charge on any atom is -0.397 e. The van der Waals surface area contributed by atoms with Gasteiger partial charge in [0.2, 0.25) is 0 Å². The highest BCUT2D eigenvalue weighted by atomic mass is 32.2. The van der Waals surface area contributed by atoms with Gasteiger partial charge in [0.1, 0.15) is 5.03 Å². The zero-order valence-electron chi connectivity index (χ0n) is 7.29. The van der Waals surface area contributed by atoms with Crippen LogP contribution in [-0.2, 0) is 0 Å². The molecule has 0 amide bonds. The van der Waals surface area contributed by atoms with Crippen LogP contribution in [0.5, 0.6) is 0 Å². The van der Waals surface area contributed by atoms with E-state index in [1.54, 1.807) is 18.6 Å². The van der Waals surface area contributed by atoms with Crippen LogP contribution in [0.1, 0.15) is 0 Å². The van der Waals surface area contributed by atoms with Crippen LogP contribution in [0.2, 0.25) is 0 Å². The second kappa shape index (κ2) is 4.06. The van der Waals surface area contributed by atoms with Gasteiger partial charge in [-0.25, -0.2) is 0 Å². The fourth-order valence-electron chi connectivity index (χ4n) is 0.941. The van der Waals surface area contributed by atoms with Crippen molar-refractivity contribution in [2.24, 2.45) is 0 Å². The largest absolute Gasteiger partial charge is 0.397 e. The number of hydrogen-bond acceptors (Lipinski definition) is 5. The van der Waals surface area contributed by atoms with Gasteiger partial charge in [-0.1, -0.05) is 11.8 Å². The van der Waals surface area contributed by atoms with E-state index in [-0.39, 0.29) is 0 Å². The molecule has 2 N–H and O–H groups in total. The van der Waals surface area contributed by atoms with E-state index in [4.69, 9.17) is 5.73 Å². The monoisotopic (exact) mass is 204 g/mol. The average Bonchev–Trinajstić information content (AvgIpc) is 2.23. The van der Waals surface area contributed by atoms with Crippen molar-refractivity contribution in [2.75, 3.05) is 5.73 Å². The highest BCUT2D eigenvalue weighted by Gasteiger charge is 2.01. The molecule has 0 saturated heterocycles. The maximum Gasteiger partial charge on any atom is 0.124 e. The molecule has 0 aliphatic heterocycles. The second-order valence-corrected chi connectivity index (χ2v) is 3.64. The van der Waals surface area contributed by atoms with E-state index >= 15 is 0 Å². The second-order valence-electron chi connectivity index (χ2n) is 2.58. The third kappa shape index (κ3) is 2.00. The minimum absolute atomic E-state index is 0.656. The standard InChI is InChI=1S/C9H8N4S/c10-7-6-11-5-3-8(7)14-9-2-1-4-12-13-9/h1-6H,10H2. The van der Waals surface area contributed by atoms with Gasteiger partial charge in [-0.05, 0) is 18.2 Å². The van der Waals surface area contributed by atoms with E-state index in [1.807, 2.05) is 18.2 Å². The smallest absolute Gasteiger partial charge is 0.124 e. The quantitative estimate of drug-likeness (QED) is 0.805. The van der Waals surface area contributed by atoms with Crippen LogP contribution in [0.25, 0.3) is 0 Å². The van der Waals surface area contributed by atoms with Crippen LogP contribution in [0.15, 0.2) is 46.7 Å². The molecule has 2 aromatic heterocycles. The van der Waals surface area contributed by atoms with Crippen molar-refractivity contribution >= 4 is 17.4 Å². The molecule has 2 heterocycles. The summed E-state index contributed by atoms with van der Waals surface area (Å²) in [7, 11) is 0. The fraction of sp³-hybridized carbons (Fsp3) is 0. The first kappa shape index (κ1) is 8.96. The highest BCUT2D eigenvalue weighted by Crippen LogP contribution is 2.28. The van der Waals surface area contributed by atoms with Crippen LogP contribution in [0.4, 0.5) is 5.69 Å². The predicted octanol–water partition coefficient (Wildman–Crippen LogP) is 1.61. The van der Waals surface area contributed by atoms with Crippen LogP contribution in [-0.4, -0.2) is 15.2 Å². The molecule has 5 heteroatoms. The predicted molar refractivity (Wildman–Crippen MR) is 54.8 cm³/mol. The molecule has 0 saturated carbocycles. The van der Waals surface area contributed by atoms with E-state index in [9.17, 15) is 0 Å². The SMILES string of the molecule is Nc1cnccc1Sc1cccnn1. The number of rotatable bonds is 2. The zero-order valence-corrected chi connectivity index (χ0v) is 8.11. The summed E-state index contributed by atoms with van der Waals surface area (Å²) in [4.78, 5) is 4.86. The van der Waals surface area contributed by atoms with Gasteiger partial charge in [-0.3, -0.25) is 4.98 Å². The number of aromatic nitrogens is 3. The first-order valence-electron chi connectivity index (χ1n) is 4.01. The van der Waals surface area contributed by atoms with E-state index < -0.39 is 0 Å². The summed E-state index contributed by atoms with van der Waals surface area (Å²) in [6.45, 7) is 0. The third-order valence-corrected chi connectivity index (χ3v) is 2.59. The molecule has 0 unspecified atom stereocenters. The summed E-state index contributed by atoms with van der Waals surface area (Å²) in [6, 6.07) is 5.58. The molecule has 0 fully saturated rings. The molecule has 70 valence electrons. The normalized spacial score (nSPS) is 10.0.